The van der Waals surface area contributed by atoms with Crippen LogP contribution in [-0.2, 0) is 14.8 Å². The molecular formula is C18H23N3O5S. The molecule has 9 heteroatoms. The molecule has 0 aliphatic carbocycles. The van der Waals surface area contributed by atoms with Gasteiger partial charge in [-0.05, 0) is 31.9 Å². The lowest BCUT2D eigenvalue weighted by atomic mass is 10.1. The topological polar surface area (TPSA) is 104 Å². The highest BCUT2D eigenvalue weighted by atomic mass is 32.2. The highest BCUT2D eigenvalue weighted by Crippen LogP contribution is 2.22. The number of carbonyl (C=O) groups excluding carboxylic acids is 3. The third kappa shape index (κ3) is 4.19. The van der Waals surface area contributed by atoms with E-state index < -0.39 is 10.0 Å². The second kappa shape index (κ2) is 7.77. The van der Waals surface area contributed by atoms with Gasteiger partial charge in [0.15, 0.2) is 0 Å². The van der Waals surface area contributed by atoms with Crippen LogP contribution in [-0.4, -0.2) is 67.4 Å². The highest BCUT2D eigenvalue weighted by Gasteiger charge is 2.35. The Labute approximate surface area is 158 Å². The molecule has 1 N–H and O–H groups in total. The van der Waals surface area contributed by atoms with Gasteiger partial charge in [-0.3, -0.25) is 19.3 Å². The molecule has 0 unspecified atom stereocenters. The van der Waals surface area contributed by atoms with Crippen molar-refractivity contribution in [3.63, 3.8) is 0 Å². The van der Waals surface area contributed by atoms with Crippen molar-refractivity contribution in [2.75, 3.05) is 25.4 Å². The van der Waals surface area contributed by atoms with Crippen molar-refractivity contribution in [1.29, 1.82) is 0 Å². The van der Waals surface area contributed by atoms with Gasteiger partial charge in [0, 0.05) is 32.1 Å². The Morgan fingerprint density at radius 3 is 2.19 bits per heavy atom. The number of fused-ring (bicyclic) bond motifs is 1. The minimum atomic E-state index is -3.25. The van der Waals surface area contributed by atoms with E-state index in [0.717, 1.165) is 4.90 Å². The average molecular weight is 393 g/mol. The smallest absolute Gasteiger partial charge is 0.261 e. The van der Waals surface area contributed by atoms with Gasteiger partial charge in [-0.1, -0.05) is 12.1 Å². The van der Waals surface area contributed by atoms with Crippen molar-refractivity contribution in [3.05, 3.63) is 35.4 Å². The highest BCUT2D eigenvalue weighted by molar-refractivity contribution is 7.89. The van der Waals surface area contributed by atoms with Gasteiger partial charge < -0.3 is 4.90 Å². The zero-order valence-corrected chi connectivity index (χ0v) is 16.0. The standard InChI is InChI=1S/C18H23N3O5S/c1-2-27(25,26)19-13-7-10-20(11-8-13)16(22)9-12-21-17(23)14-5-3-4-6-15(14)18(21)24/h3-6,13,19H,2,7-12H2,1H3. The lowest BCUT2D eigenvalue weighted by Gasteiger charge is -2.32. The molecule has 1 aromatic rings. The zero-order valence-electron chi connectivity index (χ0n) is 15.2. The molecule has 0 spiro atoms. The van der Waals surface area contributed by atoms with Gasteiger partial charge in [-0.25, -0.2) is 13.1 Å². The molecule has 1 fully saturated rings. The van der Waals surface area contributed by atoms with Crippen molar-refractivity contribution in [2.45, 2.75) is 32.2 Å². The Hall–Kier alpha value is -2.26. The normalized spacial score (nSPS) is 18.1. The molecule has 0 aromatic heterocycles. The fraction of sp³-hybridized carbons (Fsp3) is 0.500. The van der Waals surface area contributed by atoms with Crippen LogP contribution in [0.3, 0.4) is 0 Å². The zero-order chi connectivity index (χ0) is 19.6. The van der Waals surface area contributed by atoms with E-state index in [1.807, 2.05) is 0 Å². The Bertz CT molecular complexity index is 825. The molecular weight excluding hydrogens is 370 g/mol. The molecule has 3 rings (SSSR count). The Kier molecular flexibility index (Phi) is 5.61. The summed E-state index contributed by atoms with van der Waals surface area (Å²) in [7, 11) is -3.25. The number of nitrogens with one attached hydrogen (secondary N) is 1. The first kappa shape index (κ1) is 19.5. The van der Waals surface area contributed by atoms with E-state index in [9.17, 15) is 22.8 Å². The molecule has 0 atom stereocenters. The maximum absolute atomic E-state index is 12.4. The van der Waals surface area contributed by atoms with Crippen LogP contribution < -0.4 is 4.72 Å². The van der Waals surface area contributed by atoms with Crippen LogP contribution in [0.15, 0.2) is 24.3 Å². The Morgan fingerprint density at radius 1 is 1.11 bits per heavy atom. The predicted molar refractivity (Wildman–Crippen MR) is 98.6 cm³/mol. The monoisotopic (exact) mass is 393 g/mol. The van der Waals surface area contributed by atoms with Crippen molar-refractivity contribution in [2.24, 2.45) is 0 Å². The molecule has 146 valence electrons. The molecule has 3 amide bonds. The summed E-state index contributed by atoms with van der Waals surface area (Å²) in [6.07, 6.45) is 1.17. The molecule has 27 heavy (non-hydrogen) atoms. The molecule has 2 heterocycles. The van der Waals surface area contributed by atoms with Crippen LogP contribution >= 0.6 is 0 Å². The van der Waals surface area contributed by atoms with E-state index >= 15 is 0 Å². The summed E-state index contributed by atoms with van der Waals surface area (Å²) in [6.45, 7) is 2.55. The summed E-state index contributed by atoms with van der Waals surface area (Å²) >= 11 is 0. The summed E-state index contributed by atoms with van der Waals surface area (Å²) in [5.74, 6) is -0.831. The Balaban J connectivity index is 1.50. The first-order valence-electron chi connectivity index (χ1n) is 9.05. The fourth-order valence-electron chi connectivity index (χ4n) is 3.39. The molecule has 2 aliphatic heterocycles. The molecule has 0 radical (unpaired) electrons. The third-order valence-corrected chi connectivity index (χ3v) is 6.45. The number of carbonyl (C=O) groups is 3. The van der Waals surface area contributed by atoms with Crippen LogP contribution in [0, 0.1) is 0 Å². The second-order valence-electron chi connectivity index (χ2n) is 6.73. The minimum absolute atomic E-state index is 0.0342. The summed E-state index contributed by atoms with van der Waals surface area (Å²) in [4.78, 5) is 39.8. The molecule has 0 saturated carbocycles. The van der Waals surface area contributed by atoms with E-state index in [1.165, 1.54) is 0 Å². The number of rotatable bonds is 6. The van der Waals surface area contributed by atoms with E-state index in [1.54, 1.807) is 36.1 Å². The molecule has 1 aromatic carbocycles. The van der Waals surface area contributed by atoms with Crippen molar-refractivity contribution in [3.8, 4) is 0 Å². The SMILES string of the molecule is CCS(=O)(=O)NC1CCN(C(=O)CCN2C(=O)c3ccccc3C2=O)CC1. The van der Waals surface area contributed by atoms with E-state index in [-0.39, 0.29) is 42.5 Å². The summed E-state index contributed by atoms with van der Waals surface area (Å²) < 4.78 is 25.9. The molecule has 2 aliphatic rings. The molecule has 1 saturated heterocycles. The summed E-state index contributed by atoms with van der Waals surface area (Å²) in [5.41, 5.74) is 0.748. The van der Waals surface area contributed by atoms with Gasteiger partial charge in [-0.15, -0.1) is 0 Å². The van der Waals surface area contributed by atoms with E-state index in [0.29, 0.717) is 37.1 Å². The van der Waals surface area contributed by atoms with Gasteiger partial charge in [0.05, 0.1) is 16.9 Å². The fourth-order valence-corrected chi connectivity index (χ4v) is 4.30. The van der Waals surface area contributed by atoms with Crippen LogP contribution in [0.4, 0.5) is 0 Å². The maximum Gasteiger partial charge on any atom is 0.261 e. The minimum Gasteiger partial charge on any atom is -0.343 e. The quantitative estimate of drug-likeness (QED) is 0.713. The summed E-state index contributed by atoms with van der Waals surface area (Å²) in [5, 5.41) is 0. The van der Waals surface area contributed by atoms with Crippen molar-refractivity contribution < 1.29 is 22.8 Å². The number of hydrogen-bond donors (Lipinski definition) is 1. The third-order valence-electron chi connectivity index (χ3n) is 5.00. The lowest BCUT2D eigenvalue weighted by molar-refractivity contribution is -0.132. The maximum atomic E-state index is 12.4. The predicted octanol–water partition coefficient (Wildman–Crippen LogP) is 0.603. The first-order valence-corrected chi connectivity index (χ1v) is 10.7. The van der Waals surface area contributed by atoms with Gasteiger partial charge in [0.2, 0.25) is 15.9 Å². The number of benzene rings is 1. The van der Waals surface area contributed by atoms with Gasteiger partial charge in [-0.2, -0.15) is 0 Å². The number of piperidine rings is 1. The van der Waals surface area contributed by atoms with E-state index in [4.69, 9.17) is 0 Å². The van der Waals surface area contributed by atoms with Crippen LogP contribution in [0.2, 0.25) is 0 Å². The Morgan fingerprint density at radius 2 is 1.67 bits per heavy atom. The average Bonchev–Trinajstić information content (AvgIpc) is 2.91. The van der Waals surface area contributed by atoms with Crippen LogP contribution in [0.1, 0.15) is 46.9 Å². The van der Waals surface area contributed by atoms with Gasteiger partial charge in [0.25, 0.3) is 11.8 Å². The summed E-state index contributed by atoms with van der Waals surface area (Å²) in [6, 6.07) is 6.47. The number of sulfonamides is 1. The van der Waals surface area contributed by atoms with Gasteiger partial charge >= 0.3 is 0 Å². The second-order valence-corrected chi connectivity index (χ2v) is 8.78. The number of nitrogens with zero attached hydrogens (tertiary/aromatic N) is 2. The van der Waals surface area contributed by atoms with Gasteiger partial charge in [0.1, 0.15) is 0 Å². The van der Waals surface area contributed by atoms with Crippen LogP contribution in [0.25, 0.3) is 0 Å². The van der Waals surface area contributed by atoms with Crippen molar-refractivity contribution in [1.82, 2.24) is 14.5 Å². The number of imide groups is 1. The number of amides is 3. The number of hydrogen-bond acceptors (Lipinski definition) is 5. The molecule has 8 nitrogen and oxygen atoms in total. The molecule has 0 bridgehead atoms. The largest absolute Gasteiger partial charge is 0.343 e. The lowest BCUT2D eigenvalue weighted by Crippen LogP contribution is -2.47. The first-order chi connectivity index (χ1) is 12.8. The van der Waals surface area contributed by atoms with E-state index in [2.05, 4.69) is 4.72 Å². The van der Waals surface area contributed by atoms with Crippen LogP contribution in [0.5, 0.6) is 0 Å². The van der Waals surface area contributed by atoms with Crippen molar-refractivity contribution >= 4 is 27.7 Å². The number of likely N-dealkylation sites (tertiary alicyclic amines) is 1.